The Morgan fingerprint density at radius 3 is 2.46 bits per heavy atom. The van der Waals surface area contributed by atoms with Crippen molar-refractivity contribution in [3.05, 3.63) is 70.4 Å². The molecule has 2 aromatic carbocycles. The van der Waals surface area contributed by atoms with Crippen molar-refractivity contribution in [3.63, 3.8) is 0 Å². The van der Waals surface area contributed by atoms with Crippen molar-refractivity contribution in [1.29, 1.82) is 10.5 Å². The van der Waals surface area contributed by atoms with Crippen LogP contribution in [0.25, 0.3) is 0 Å². The third kappa shape index (κ3) is 5.63. The lowest BCUT2D eigenvalue weighted by atomic mass is 9.83. The number of anilines is 1. The Bertz CT molecular complexity index is 1550. The van der Waals surface area contributed by atoms with Gasteiger partial charge in [-0.2, -0.15) is 34.3 Å². The zero-order valence-corrected chi connectivity index (χ0v) is 22.6. The highest BCUT2D eigenvalue weighted by Crippen LogP contribution is 2.52. The zero-order valence-electron chi connectivity index (χ0n) is 21.8. The van der Waals surface area contributed by atoms with Gasteiger partial charge in [0.1, 0.15) is 12.1 Å². The van der Waals surface area contributed by atoms with E-state index in [1.165, 1.54) is 31.2 Å². The highest BCUT2D eigenvalue weighted by Gasteiger charge is 2.49. The highest BCUT2D eigenvalue weighted by molar-refractivity contribution is 8.23. The topological polar surface area (TPSA) is 158 Å². The van der Waals surface area contributed by atoms with E-state index in [1.807, 2.05) is 6.07 Å². The summed E-state index contributed by atoms with van der Waals surface area (Å²) >= 11 is 0. The molecule has 0 spiro atoms. The first kappa shape index (κ1) is 29.6. The molecule has 3 N–H and O–H groups in total. The summed E-state index contributed by atoms with van der Waals surface area (Å²) in [6.07, 6.45) is -3.31. The summed E-state index contributed by atoms with van der Waals surface area (Å²) in [6, 6.07) is 6.42. The third-order valence-electron chi connectivity index (χ3n) is 6.67. The predicted molar refractivity (Wildman–Crippen MR) is 142 cm³/mol. The number of nitrogens with zero attached hydrogens (tertiary/aromatic N) is 4. The summed E-state index contributed by atoms with van der Waals surface area (Å²) in [5, 5.41) is 21.0. The Labute approximate surface area is 234 Å². The molecule has 1 heterocycles. The minimum Gasteiger partial charge on any atom is -0.322 e. The van der Waals surface area contributed by atoms with Crippen LogP contribution >= 0.6 is 10.6 Å². The van der Waals surface area contributed by atoms with Gasteiger partial charge in [0, 0.05) is 29.5 Å². The van der Waals surface area contributed by atoms with E-state index >= 15 is 0 Å². The highest BCUT2D eigenvalue weighted by atomic mass is 32.3. The van der Waals surface area contributed by atoms with Crippen LogP contribution in [0.15, 0.2) is 58.6 Å². The third-order valence-corrected chi connectivity index (χ3v) is 7.85. The van der Waals surface area contributed by atoms with Gasteiger partial charge in [-0.05, 0) is 50.1 Å². The van der Waals surface area contributed by atoms with Gasteiger partial charge in [0.25, 0.3) is 0 Å². The predicted octanol–water partition coefficient (Wildman–Crippen LogP) is 5.93. The fourth-order valence-corrected chi connectivity index (χ4v) is 5.87. The van der Waals surface area contributed by atoms with Crippen molar-refractivity contribution >= 4 is 34.1 Å². The van der Waals surface area contributed by atoms with E-state index in [-0.39, 0.29) is 52.2 Å². The van der Waals surface area contributed by atoms with Crippen LogP contribution in [0.4, 0.5) is 28.4 Å². The van der Waals surface area contributed by atoms with Gasteiger partial charge in [-0.25, -0.2) is 14.5 Å². The maximum absolute atomic E-state index is 14.1. The van der Waals surface area contributed by atoms with Crippen molar-refractivity contribution in [2.24, 2.45) is 0 Å². The summed E-state index contributed by atoms with van der Waals surface area (Å²) in [5.74, 6) is -0.505. The van der Waals surface area contributed by atoms with Crippen LogP contribution in [-0.2, 0) is 11.0 Å². The molecular formula is C27H24F3N5O5S. The molecule has 10 nitrogen and oxygen atoms in total. The monoisotopic (exact) mass is 587 g/mol. The number of ketones is 1. The van der Waals surface area contributed by atoms with E-state index in [1.54, 1.807) is 6.07 Å². The minimum absolute atomic E-state index is 0.00198. The number of carbonyl (C=O) groups is 3. The van der Waals surface area contributed by atoms with Crippen LogP contribution in [-0.4, -0.2) is 44.1 Å². The first-order valence-corrected chi connectivity index (χ1v) is 14.2. The van der Waals surface area contributed by atoms with E-state index in [4.69, 9.17) is 0 Å². The van der Waals surface area contributed by atoms with Crippen LogP contribution < -0.4 is 10.2 Å². The molecule has 0 saturated carbocycles. The van der Waals surface area contributed by atoms with Crippen molar-refractivity contribution in [2.75, 3.05) is 11.2 Å². The number of alkyl halides is 3. The van der Waals surface area contributed by atoms with Crippen LogP contribution in [0.2, 0.25) is 0 Å². The van der Waals surface area contributed by atoms with Gasteiger partial charge in [-0.3, -0.25) is 18.8 Å². The maximum atomic E-state index is 14.1. The molecule has 2 aromatic rings. The number of benzene rings is 2. The summed E-state index contributed by atoms with van der Waals surface area (Å²) in [7, 11) is -3.60. The second kappa shape index (κ2) is 10.9. The lowest BCUT2D eigenvalue weighted by molar-refractivity contribution is -0.137. The molecule has 1 aliphatic carbocycles. The minimum atomic E-state index is -4.75. The number of nitriles is 2. The molecule has 1 unspecified atom stereocenters. The average molecular weight is 588 g/mol. The van der Waals surface area contributed by atoms with Gasteiger partial charge in [0.2, 0.25) is 0 Å². The Balaban J connectivity index is 2.05. The van der Waals surface area contributed by atoms with Gasteiger partial charge < -0.3 is 5.32 Å². The summed E-state index contributed by atoms with van der Waals surface area (Å²) < 4.78 is 62.0. The van der Waals surface area contributed by atoms with Crippen LogP contribution in [0, 0.1) is 22.7 Å². The second-order valence-corrected chi connectivity index (χ2v) is 11.7. The second-order valence-electron chi connectivity index (χ2n) is 9.57. The Morgan fingerprint density at radius 1 is 1.15 bits per heavy atom. The number of rotatable bonds is 4. The fourth-order valence-electron chi connectivity index (χ4n) is 4.89. The zero-order chi connectivity index (χ0) is 30.3. The molecule has 0 radical (unpaired) electrons. The van der Waals surface area contributed by atoms with Gasteiger partial charge >= 0.3 is 18.2 Å². The van der Waals surface area contributed by atoms with Crippen LogP contribution in [0.3, 0.4) is 0 Å². The Morgan fingerprint density at radius 2 is 1.85 bits per heavy atom. The van der Waals surface area contributed by atoms with Gasteiger partial charge in [-0.15, -0.1) is 0 Å². The fraction of sp³-hybridized carbons (Fsp3) is 0.296. The van der Waals surface area contributed by atoms with E-state index < -0.39 is 52.3 Å². The summed E-state index contributed by atoms with van der Waals surface area (Å²) in [6.45, 7) is 1.33. The average Bonchev–Trinajstić information content (AvgIpc) is 2.91. The van der Waals surface area contributed by atoms with Crippen molar-refractivity contribution in [3.8, 4) is 12.1 Å². The quantitative estimate of drug-likeness (QED) is 0.400. The lowest BCUT2D eigenvalue weighted by Gasteiger charge is -2.45. The Kier molecular flexibility index (Phi) is 7.87. The molecule has 14 heteroatoms. The normalized spacial score (nSPS) is 18.8. The number of Topliss-reactive ketones (excluding diaryl/α,β-unsaturated/α-hetero) is 1. The van der Waals surface area contributed by atoms with Crippen molar-refractivity contribution in [2.45, 2.75) is 49.3 Å². The molecule has 0 fully saturated rings. The van der Waals surface area contributed by atoms with E-state index in [0.29, 0.717) is 4.90 Å². The number of allylic oxidation sites excluding steroid dienone is 1. The van der Waals surface area contributed by atoms with Crippen molar-refractivity contribution < 1.29 is 36.7 Å². The van der Waals surface area contributed by atoms with E-state index in [9.17, 15) is 47.2 Å². The molecule has 0 aromatic heterocycles. The Hall–Kier alpha value is -4.37. The van der Waals surface area contributed by atoms with E-state index in [0.717, 1.165) is 29.4 Å². The molecule has 41 heavy (non-hydrogen) atoms. The molecule has 4 rings (SSSR count). The molecule has 0 saturated heterocycles. The summed E-state index contributed by atoms with van der Waals surface area (Å²) in [4.78, 5) is 42.5. The van der Waals surface area contributed by atoms with Crippen molar-refractivity contribution in [1.82, 2.24) is 10.2 Å². The number of hydrogen-bond acceptors (Lipinski definition) is 7. The number of imide groups is 1. The number of carbonyl (C=O) groups excluding carboxylic acids is 3. The number of hydrogen-bond donors (Lipinski definition) is 3. The smallest absolute Gasteiger partial charge is 0.322 e. The molecule has 2 aliphatic rings. The number of urea groups is 2. The summed E-state index contributed by atoms with van der Waals surface area (Å²) in [5.41, 5.74) is -1.32. The van der Waals surface area contributed by atoms with Gasteiger partial charge in [-0.1, -0.05) is 12.1 Å². The van der Waals surface area contributed by atoms with Gasteiger partial charge in [0.05, 0.1) is 33.8 Å². The van der Waals surface area contributed by atoms with Crippen LogP contribution in [0.1, 0.15) is 48.9 Å². The molecule has 2 atom stereocenters. The number of amides is 4. The van der Waals surface area contributed by atoms with Crippen LogP contribution in [0.5, 0.6) is 0 Å². The number of nitrogens with one attached hydrogen (secondary N) is 1. The van der Waals surface area contributed by atoms with Gasteiger partial charge in [0.15, 0.2) is 5.78 Å². The number of halogens is 3. The lowest BCUT2D eigenvalue weighted by Crippen LogP contribution is -2.57. The molecular weight excluding hydrogens is 563 g/mol. The largest absolute Gasteiger partial charge is 0.416 e. The first-order valence-electron chi connectivity index (χ1n) is 12.2. The molecule has 1 aliphatic heterocycles. The standard InChI is InChI=1S/C27H24F3N5O5S/c1-15(13-31)33-25(37)35-24(19-10-9-16(14-32)11-22(19)41(2,39)40)23-20(7-4-8-21(23)36)34(26(35)38)18-6-3-5-17(12-18)27(28,29)30/h3,5-6,9-12,15,24,39-40H,4,7-8H2,1-2H3,(H,33,37)/t15?,24-/m1/s1. The first-order chi connectivity index (χ1) is 19.2. The maximum Gasteiger partial charge on any atom is 0.416 e. The SMILES string of the molecule is CC(C#N)NC(=O)N1C(=O)N(c2cccc(C(F)(F)F)c2)C2=C(C(=O)CCC2)[C@H]1c1ccc(C#N)cc1S(C)(O)O. The van der Waals surface area contributed by atoms with E-state index in [2.05, 4.69) is 5.32 Å². The molecule has 0 bridgehead atoms. The molecule has 214 valence electrons. The molecule has 4 amide bonds.